The molecule has 4 N–H and O–H groups in total. The molecule has 0 bridgehead atoms. The molecular weight excluding hydrogens is 713 g/mol. The van der Waals surface area contributed by atoms with Gasteiger partial charge in [-0.2, -0.15) is 0 Å². The van der Waals surface area contributed by atoms with E-state index in [1.165, 1.54) is 22.3 Å². The van der Waals surface area contributed by atoms with Crippen molar-refractivity contribution in [3.8, 4) is 22.3 Å². The highest BCUT2D eigenvalue weighted by Crippen LogP contribution is 2.53. The van der Waals surface area contributed by atoms with Crippen molar-refractivity contribution in [3.63, 3.8) is 0 Å². The van der Waals surface area contributed by atoms with E-state index in [1.54, 1.807) is 0 Å². The number of hydrogen-bond acceptors (Lipinski definition) is 6. The highest BCUT2D eigenvalue weighted by atomic mass is 16.3. The van der Waals surface area contributed by atoms with Crippen molar-refractivity contribution in [1.29, 1.82) is 0 Å². The van der Waals surface area contributed by atoms with Gasteiger partial charge in [0.15, 0.2) is 0 Å². The van der Waals surface area contributed by atoms with Gasteiger partial charge in [0.2, 0.25) is 0 Å². The van der Waals surface area contributed by atoms with Crippen LogP contribution in [-0.4, -0.2) is 12.2 Å². The van der Waals surface area contributed by atoms with Gasteiger partial charge in [-0.1, -0.05) is 146 Å². The van der Waals surface area contributed by atoms with Crippen LogP contribution in [0, 0.1) is 0 Å². The van der Waals surface area contributed by atoms with Gasteiger partial charge < -0.3 is 31.5 Å². The Kier molecular flexibility index (Phi) is 7.74. The van der Waals surface area contributed by atoms with Crippen LogP contribution in [0.5, 0.6) is 0 Å². The largest absolute Gasteiger partial charge is 0.851 e. The van der Waals surface area contributed by atoms with Crippen LogP contribution in [0.2, 0.25) is 0 Å². The molecule has 8 aromatic carbocycles. The molecule has 0 saturated heterocycles. The second kappa shape index (κ2) is 13.0. The van der Waals surface area contributed by atoms with Gasteiger partial charge in [-0.3, -0.25) is 0 Å². The molecule has 0 radical (unpaired) electrons. The van der Waals surface area contributed by atoms with Gasteiger partial charge in [0.25, 0.3) is 0 Å². The lowest BCUT2D eigenvalue weighted by Crippen LogP contribution is -2.63. The molecule has 2 heterocycles. The molecule has 2 unspecified atom stereocenters. The number of hydrogen-bond donors (Lipinski definition) is 4. The van der Waals surface area contributed by atoms with Gasteiger partial charge in [-0.25, -0.2) is 0 Å². The zero-order valence-corrected chi connectivity index (χ0v) is 32.3. The summed E-state index contributed by atoms with van der Waals surface area (Å²) in [5, 5.41) is 47.8. The minimum atomic E-state index is -1.08. The summed E-state index contributed by atoms with van der Waals surface area (Å²) in [6.45, 7) is 4.29. The van der Waals surface area contributed by atoms with Gasteiger partial charge in [0, 0.05) is 33.5 Å². The minimum absolute atomic E-state index is 0.565. The van der Waals surface area contributed by atoms with Crippen molar-refractivity contribution >= 4 is 44.3 Å². The highest BCUT2D eigenvalue weighted by Gasteiger charge is 2.42. The predicted molar refractivity (Wildman–Crippen MR) is 234 cm³/mol. The molecule has 1 saturated carbocycles. The third-order valence-corrected chi connectivity index (χ3v) is 13.0. The number of anilines is 4. The quantitative estimate of drug-likeness (QED) is 0.135. The van der Waals surface area contributed by atoms with Gasteiger partial charge >= 0.3 is 0 Å². The van der Waals surface area contributed by atoms with E-state index < -0.39 is 35.4 Å². The van der Waals surface area contributed by atoms with Crippen molar-refractivity contribution in [2.75, 3.05) is 21.3 Å². The highest BCUT2D eigenvalue weighted by molar-refractivity contribution is 6.08. The van der Waals surface area contributed by atoms with Gasteiger partial charge in [-0.15, -0.1) is 12.2 Å². The first-order valence-electron chi connectivity index (χ1n) is 20.2. The second-order valence-electron chi connectivity index (χ2n) is 16.5. The summed E-state index contributed by atoms with van der Waals surface area (Å²) in [4.78, 5) is 0. The lowest BCUT2D eigenvalue weighted by atomic mass is 9.62. The Morgan fingerprint density at radius 3 is 1.09 bits per heavy atom. The SMILES string of the molecule is CC1(c2ccc(-c3ccccc3)cc2)Nc2cccc3c(C4C([O-])C(c5ccc6c7c(cccc57)NC(C)(c5ccc(-c7ccccc7)cc5)N6)C4[O-])ccc(c23)N1. The Hall–Kier alpha value is -6.60. The number of nitrogens with one attached hydrogen (secondary N) is 4. The van der Waals surface area contributed by atoms with Crippen molar-refractivity contribution in [2.45, 2.75) is 49.2 Å². The average Bonchev–Trinajstić information content (AvgIpc) is 3.26. The molecule has 2 atom stereocenters. The third kappa shape index (κ3) is 5.33. The molecule has 1 fully saturated rings. The second-order valence-corrected chi connectivity index (χ2v) is 16.5. The molecule has 6 nitrogen and oxygen atoms in total. The first-order chi connectivity index (χ1) is 28.3. The zero-order valence-electron chi connectivity index (χ0n) is 32.3. The van der Waals surface area contributed by atoms with Gasteiger partial charge in [0.1, 0.15) is 11.3 Å². The first kappa shape index (κ1) is 34.6. The number of rotatable bonds is 6. The van der Waals surface area contributed by atoms with Crippen molar-refractivity contribution in [2.24, 2.45) is 0 Å². The molecular formula is C52H42N4O2-2. The van der Waals surface area contributed by atoms with Crippen LogP contribution >= 0.6 is 0 Å². The Morgan fingerprint density at radius 1 is 0.362 bits per heavy atom. The molecule has 11 rings (SSSR count). The van der Waals surface area contributed by atoms with Crippen LogP contribution in [0.1, 0.15) is 47.9 Å². The first-order valence-corrected chi connectivity index (χ1v) is 20.2. The minimum Gasteiger partial charge on any atom is -0.851 e. The lowest BCUT2D eigenvalue weighted by molar-refractivity contribution is -0.535. The van der Waals surface area contributed by atoms with E-state index in [4.69, 9.17) is 0 Å². The van der Waals surface area contributed by atoms with Crippen molar-refractivity contribution < 1.29 is 10.2 Å². The number of benzene rings is 8. The van der Waals surface area contributed by atoms with E-state index in [0.29, 0.717) is 0 Å². The van der Waals surface area contributed by atoms with Crippen LogP contribution < -0.4 is 31.5 Å². The molecule has 3 aliphatic rings. The fraction of sp³-hybridized carbons (Fsp3) is 0.154. The summed E-state index contributed by atoms with van der Waals surface area (Å²) in [7, 11) is 0. The Labute approximate surface area is 338 Å². The van der Waals surface area contributed by atoms with E-state index in [1.807, 2.05) is 36.4 Å². The van der Waals surface area contributed by atoms with Crippen LogP contribution in [0.4, 0.5) is 22.7 Å². The zero-order chi connectivity index (χ0) is 39.2. The molecule has 58 heavy (non-hydrogen) atoms. The summed E-state index contributed by atoms with van der Waals surface area (Å²) >= 11 is 0. The molecule has 6 heteroatoms. The lowest BCUT2D eigenvalue weighted by Gasteiger charge is -2.62. The standard InChI is InChI=1S/C52H42N4O2/c1-51(35-23-19-33(20-24-35)31-11-5-3-6-12-31)53-41-17-9-15-37-39(27-29-43(55-51)45(37)41)47-49(57)48(50(47)58)40-28-30-44-46-38(40)16-10-18-42(46)54-52(2,56-44)36-25-21-34(22-26-36)32-13-7-4-8-14-32/h3-30,47-50,53-56H,1-2H3/q-2. The predicted octanol–water partition coefficient (Wildman–Crippen LogP) is 10.1. The molecule has 2 aliphatic heterocycles. The molecule has 0 amide bonds. The average molecular weight is 755 g/mol. The Balaban J connectivity index is 0.867. The summed E-state index contributed by atoms with van der Waals surface area (Å²) < 4.78 is 0. The van der Waals surface area contributed by atoms with Crippen LogP contribution in [0.15, 0.2) is 170 Å². The van der Waals surface area contributed by atoms with E-state index in [-0.39, 0.29) is 0 Å². The van der Waals surface area contributed by atoms with E-state index in [2.05, 4.69) is 169 Å². The maximum absolute atomic E-state index is 14.4. The smallest absolute Gasteiger partial charge is 0.131 e. The summed E-state index contributed by atoms with van der Waals surface area (Å²) in [5.74, 6) is -1.31. The third-order valence-electron chi connectivity index (χ3n) is 13.0. The van der Waals surface area contributed by atoms with E-state index >= 15 is 0 Å². The van der Waals surface area contributed by atoms with Crippen LogP contribution in [0.3, 0.4) is 0 Å². The molecule has 8 aromatic rings. The van der Waals surface area contributed by atoms with Crippen LogP contribution in [0.25, 0.3) is 43.8 Å². The normalized spacial score (nSPS) is 24.2. The maximum atomic E-state index is 14.4. The summed E-state index contributed by atoms with van der Waals surface area (Å²) in [6, 6.07) is 58.5. The molecule has 1 aliphatic carbocycles. The van der Waals surface area contributed by atoms with Gasteiger partial charge in [0.05, 0.1) is 0 Å². The summed E-state index contributed by atoms with van der Waals surface area (Å²) in [5.41, 5.74) is 11.3. The van der Waals surface area contributed by atoms with Crippen molar-refractivity contribution in [1.82, 2.24) is 0 Å². The topological polar surface area (TPSA) is 94.2 Å². The molecule has 284 valence electrons. The fourth-order valence-corrected chi connectivity index (χ4v) is 9.92. The summed E-state index contributed by atoms with van der Waals surface area (Å²) in [6.07, 6.45) is -2.15. The fourth-order valence-electron chi connectivity index (χ4n) is 9.92. The Bertz CT molecular complexity index is 2630. The van der Waals surface area contributed by atoms with Gasteiger partial charge in [-0.05, 0) is 105 Å². The maximum Gasteiger partial charge on any atom is 0.131 e. The van der Waals surface area contributed by atoms with Crippen molar-refractivity contribution in [3.05, 3.63) is 192 Å². The van der Waals surface area contributed by atoms with E-state index in [0.717, 1.165) is 66.5 Å². The van der Waals surface area contributed by atoms with Crippen LogP contribution in [-0.2, 0) is 11.3 Å². The Morgan fingerprint density at radius 2 is 0.707 bits per heavy atom. The molecule has 0 spiro atoms. The molecule has 0 aromatic heterocycles. The monoisotopic (exact) mass is 754 g/mol. The van der Waals surface area contributed by atoms with E-state index in [9.17, 15) is 10.2 Å².